The lowest BCUT2D eigenvalue weighted by molar-refractivity contribution is 0.364. The van der Waals surface area contributed by atoms with Gasteiger partial charge in [-0.05, 0) is 23.7 Å². The molecule has 41 heavy (non-hydrogen) atoms. The van der Waals surface area contributed by atoms with Crippen LogP contribution in [0.4, 0.5) is 0 Å². The maximum atomic E-state index is 2.52. The molecule has 0 nitrogen and oxygen atoms in total. The van der Waals surface area contributed by atoms with Gasteiger partial charge in [-0.25, -0.2) is 0 Å². The van der Waals surface area contributed by atoms with Gasteiger partial charge in [0.2, 0.25) is 0 Å². The molecule has 0 amide bonds. The van der Waals surface area contributed by atoms with Crippen LogP contribution in [0.15, 0.2) is 0 Å². The van der Waals surface area contributed by atoms with Gasteiger partial charge < -0.3 is 0 Å². The van der Waals surface area contributed by atoms with E-state index in [0.717, 1.165) is 23.7 Å². The van der Waals surface area contributed by atoms with Crippen molar-refractivity contribution < 1.29 is 0 Å². The Labute approximate surface area is 263 Å². The van der Waals surface area contributed by atoms with Crippen molar-refractivity contribution in [2.45, 2.75) is 241 Å². The average molecular weight is 577 g/mol. The molecule has 4 unspecified atom stereocenters. The van der Waals surface area contributed by atoms with Crippen LogP contribution in [0.25, 0.3) is 0 Å². The summed E-state index contributed by atoms with van der Waals surface area (Å²) in [5, 5.41) is 0. The molecule has 0 aliphatic rings. The first-order valence-electron chi connectivity index (χ1n) is 20.0. The van der Waals surface area contributed by atoms with E-state index in [9.17, 15) is 0 Å². The van der Waals surface area contributed by atoms with Crippen molar-refractivity contribution >= 4 is 0 Å². The summed E-state index contributed by atoms with van der Waals surface area (Å²) in [4.78, 5) is 0. The van der Waals surface area contributed by atoms with E-state index in [0.29, 0.717) is 0 Å². The highest BCUT2D eigenvalue weighted by molar-refractivity contribution is 4.62. The molecular formula is C41H84. The quantitative estimate of drug-likeness (QED) is 0.0668. The Morgan fingerprint density at radius 2 is 0.390 bits per heavy atom. The lowest BCUT2D eigenvalue weighted by atomic mass is 9.89. The lowest BCUT2D eigenvalue weighted by Crippen LogP contribution is -2.02. The van der Waals surface area contributed by atoms with Crippen LogP contribution in [0.2, 0.25) is 0 Å². The van der Waals surface area contributed by atoms with Crippen molar-refractivity contribution in [3.63, 3.8) is 0 Å². The van der Waals surface area contributed by atoms with Crippen LogP contribution in [-0.4, -0.2) is 0 Å². The largest absolute Gasteiger partial charge is 0.0654 e. The summed E-state index contributed by atoms with van der Waals surface area (Å²) in [5.74, 6) is 3.77. The predicted octanol–water partition coefficient (Wildman–Crippen LogP) is 15.7. The highest BCUT2D eigenvalue weighted by Crippen LogP contribution is 2.24. The standard InChI is InChI=1S/C41H84/c1-7-9-11-13-15-16-17-18-19-20-21-22-24-26-31-39(4)33-28-35-41(6)37-29-36-40(5)34-27-32-38(3)30-25-23-14-12-10-8-2/h38-41H,7-37H2,1-6H3. The van der Waals surface area contributed by atoms with Crippen LogP contribution in [0, 0.1) is 23.7 Å². The molecule has 0 heterocycles. The van der Waals surface area contributed by atoms with E-state index in [4.69, 9.17) is 0 Å². The summed E-state index contributed by atoms with van der Waals surface area (Å²) in [6.07, 6.45) is 45.4. The Bertz CT molecular complexity index is 467. The normalized spacial score (nSPS) is 14.8. The van der Waals surface area contributed by atoms with Gasteiger partial charge in [-0.3, -0.25) is 0 Å². The maximum absolute atomic E-state index is 2.52. The number of hydrogen-bond acceptors (Lipinski definition) is 0. The molecule has 0 aromatic rings. The molecule has 0 N–H and O–H groups in total. The molecule has 4 atom stereocenters. The van der Waals surface area contributed by atoms with Gasteiger partial charge in [-0.2, -0.15) is 0 Å². The molecule has 0 heteroatoms. The Morgan fingerprint density at radius 1 is 0.220 bits per heavy atom. The van der Waals surface area contributed by atoms with Crippen LogP contribution >= 0.6 is 0 Å². The molecule has 0 radical (unpaired) electrons. The second-order valence-corrected chi connectivity index (χ2v) is 15.2. The fraction of sp³-hybridized carbons (Fsp3) is 1.00. The molecule has 0 aliphatic carbocycles. The van der Waals surface area contributed by atoms with Gasteiger partial charge >= 0.3 is 0 Å². The van der Waals surface area contributed by atoms with Gasteiger partial charge in [0.1, 0.15) is 0 Å². The molecule has 0 aliphatic heterocycles. The molecule has 0 spiro atoms. The highest BCUT2D eigenvalue weighted by atomic mass is 14.2. The third kappa shape index (κ3) is 32.7. The summed E-state index contributed by atoms with van der Waals surface area (Å²) in [7, 11) is 0. The molecule has 0 aromatic carbocycles. The zero-order valence-electron chi connectivity index (χ0n) is 30.2. The smallest absolute Gasteiger partial charge is 0.0443 e. The predicted molar refractivity (Wildman–Crippen MR) is 191 cm³/mol. The first-order valence-corrected chi connectivity index (χ1v) is 20.0. The molecular weight excluding hydrogens is 492 g/mol. The highest BCUT2D eigenvalue weighted by Gasteiger charge is 2.09. The fourth-order valence-electron chi connectivity index (χ4n) is 6.98. The molecule has 0 rings (SSSR count). The lowest BCUT2D eigenvalue weighted by Gasteiger charge is -2.17. The average Bonchev–Trinajstić information content (AvgIpc) is 2.95. The summed E-state index contributed by atoms with van der Waals surface area (Å²) >= 11 is 0. The topological polar surface area (TPSA) is 0 Å². The van der Waals surface area contributed by atoms with Crippen molar-refractivity contribution in [2.24, 2.45) is 23.7 Å². The summed E-state index contributed by atoms with van der Waals surface area (Å²) < 4.78 is 0. The summed E-state index contributed by atoms with van der Waals surface area (Å²) in [6.45, 7) is 14.7. The second kappa shape index (κ2) is 32.9. The third-order valence-corrected chi connectivity index (χ3v) is 10.3. The Balaban J connectivity index is 3.44. The van der Waals surface area contributed by atoms with Crippen molar-refractivity contribution in [2.75, 3.05) is 0 Å². The Hall–Kier alpha value is 0. The van der Waals surface area contributed by atoms with E-state index in [1.165, 1.54) is 199 Å². The van der Waals surface area contributed by atoms with E-state index in [-0.39, 0.29) is 0 Å². The van der Waals surface area contributed by atoms with E-state index in [2.05, 4.69) is 41.5 Å². The van der Waals surface area contributed by atoms with Crippen molar-refractivity contribution in [3.8, 4) is 0 Å². The summed E-state index contributed by atoms with van der Waals surface area (Å²) in [6, 6.07) is 0. The van der Waals surface area contributed by atoms with Crippen LogP contribution in [0.1, 0.15) is 241 Å². The van der Waals surface area contributed by atoms with Gasteiger partial charge in [0.25, 0.3) is 0 Å². The minimum absolute atomic E-state index is 0.938. The monoisotopic (exact) mass is 577 g/mol. The molecule has 0 bridgehead atoms. The molecule has 0 saturated heterocycles. The van der Waals surface area contributed by atoms with Gasteiger partial charge in [0.15, 0.2) is 0 Å². The van der Waals surface area contributed by atoms with Gasteiger partial charge in [-0.15, -0.1) is 0 Å². The van der Waals surface area contributed by atoms with Crippen molar-refractivity contribution in [1.29, 1.82) is 0 Å². The van der Waals surface area contributed by atoms with Crippen LogP contribution in [0.5, 0.6) is 0 Å². The van der Waals surface area contributed by atoms with Gasteiger partial charge in [0.05, 0.1) is 0 Å². The fourth-order valence-corrected chi connectivity index (χ4v) is 6.98. The van der Waals surface area contributed by atoms with Gasteiger partial charge in [0, 0.05) is 0 Å². The van der Waals surface area contributed by atoms with E-state index >= 15 is 0 Å². The molecule has 0 fully saturated rings. The zero-order valence-corrected chi connectivity index (χ0v) is 30.2. The van der Waals surface area contributed by atoms with Crippen molar-refractivity contribution in [3.05, 3.63) is 0 Å². The van der Waals surface area contributed by atoms with E-state index < -0.39 is 0 Å². The molecule has 0 saturated carbocycles. The number of unbranched alkanes of at least 4 members (excludes halogenated alkanes) is 18. The van der Waals surface area contributed by atoms with Crippen LogP contribution in [0.3, 0.4) is 0 Å². The minimum Gasteiger partial charge on any atom is -0.0654 e. The first kappa shape index (κ1) is 41.0. The van der Waals surface area contributed by atoms with Crippen LogP contribution in [-0.2, 0) is 0 Å². The second-order valence-electron chi connectivity index (χ2n) is 15.2. The zero-order chi connectivity index (χ0) is 30.2. The SMILES string of the molecule is CCCCCCCCCCCCCCCCC(C)CCCC(C)CCCC(C)CCCC(C)CCCCCCCC. The molecule has 248 valence electrons. The van der Waals surface area contributed by atoms with Crippen LogP contribution < -0.4 is 0 Å². The van der Waals surface area contributed by atoms with E-state index in [1.807, 2.05) is 0 Å². The minimum atomic E-state index is 0.938. The van der Waals surface area contributed by atoms with E-state index in [1.54, 1.807) is 0 Å². The Morgan fingerprint density at radius 3 is 0.610 bits per heavy atom. The van der Waals surface area contributed by atoms with Crippen molar-refractivity contribution in [1.82, 2.24) is 0 Å². The summed E-state index contributed by atoms with van der Waals surface area (Å²) in [5.41, 5.74) is 0. The molecule has 0 aromatic heterocycles. The van der Waals surface area contributed by atoms with Gasteiger partial charge in [-0.1, -0.05) is 241 Å². The first-order chi connectivity index (χ1) is 20.0. The number of rotatable bonds is 34. The maximum Gasteiger partial charge on any atom is -0.0443 e. The third-order valence-electron chi connectivity index (χ3n) is 10.3. The number of hydrogen-bond donors (Lipinski definition) is 0. The Kier molecular flexibility index (Phi) is 32.9.